The molecular weight excluding hydrogens is 480 g/mol. The number of methoxy groups -OCH3 is 1. The van der Waals surface area contributed by atoms with E-state index in [1.54, 1.807) is 66.7 Å². The first-order valence-electron chi connectivity index (χ1n) is 11.4. The molecule has 190 valence electrons. The summed E-state index contributed by atoms with van der Waals surface area (Å²) in [6.07, 6.45) is -5.63. The van der Waals surface area contributed by atoms with Gasteiger partial charge in [0.25, 0.3) is 0 Å². The first-order chi connectivity index (χ1) is 18.0. The van der Waals surface area contributed by atoms with Crippen LogP contribution in [0.2, 0.25) is 0 Å². The Labute approximate surface area is 212 Å². The minimum absolute atomic E-state index is 0.191. The van der Waals surface area contributed by atoms with Crippen molar-refractivity contribution in [2.75, 3.05) is 13.7 Å². The molecule has 1 aliphatic rings. The average Bonchev–Trinajstić information content (AvgIpc) is 2.95. The monoisotopic (exact) mass is 504 g/mol. The van der Waals surface area contributed by atoms with E-state index in [4.69, 9.17) is 23.7 Å². The molecule has 3 aromatic rings. The second kappa shape index (κ2) is 12.1. The third-order valence-electron chi connectivity index (χ3n) is 5.57. The number of rotatable bonds is 8. The Balaban J connectivity index is 1.56. The molecule has 0 radical (unpaired) electrons. The number of ether oxygens (including phenoxy) is 5. The van der Waals surface area contributed by atoms with Crippen LogP contribution in [0.15, 0.2) is 91.0 Å². The molecule has 1 saturated heterocycles. The average molecular weight is 504 g/mol. The van der Waals surface area contributed by atoms with Crippen molar-refractivity contribution in [1.29, 1.82) is 0 Å². The van der Waals surface area contributed by atoms with E-state index in [0.717, 1.165) is 0 Å². The van der Waals surface area contributed by atoms with E-state index in [1.165, 1.54) is 31.4 Å². The van der Waals surface area contributed by atoms with Gasteiger partial charge in [0.05, 0.1) is 16.7 Å². The van der Waals surface area contributed by atoms with E-state index in [0.29, 0.717) is 0 Å². The molecule has 3 aromatic carbocycles. The van der Waals surface area contributed by atoms with Crippen LogP contribution in [0.4, 0.5) is 0 Å². The predicted molar refractivity (Wildman–Crippen MR) is 129 cm³/mol. The van der Waals surface area contributed by atoms with Crippen molar-refractivity contribution in [2.45, 2.75) is 24.6 Å². The number of carbonyl (C=O) groups excluding carboxylic acids is 4. The maximum absolute atomic E-state index is 13.4. The summed E-state index contributed by atoms with van der Waals surface area (Å²) in [5.74, 6) is -2.99. The standard InChI is InChI=1S/C28H24O9/c1-33-28-24(37-27(32)20-15-9-4-10-16-20)23(36-26(31)19-13-7-3-8-14-19)22(29)21(35-28)17-34-25(30)18-11-5-2-6-12-18/h2-16,21,23-24,28H,17H2,1H3/t21-,23+,24-,28-/m1/s1. The summed E-state index contributed by atoms with van der Waals surface area (Å²) in [5.41, 5.74) is 0.698. The first-order valence-corrected chi connectivity index (χ1v) is 11.4. The van der Waals surface area contributed by atoms with Crippen LogP contribution < -0.4 is 0 Å². The Morgan fingerprint density at radius 1 is 0.703 bits per heavy atom. The van der Waals surface area contributed by atoms with E-state index in [-0.39, 0.29) is 16.7 Å². The van der Waals surface area contributed by atoms with Crippen molar-refractivity contribution < 1.29 is 42.9 Å². The minimum atomic E-state index is -1.58. The van der Waals surface area contributed by atoms with E-state index >= 15 is 0 Å². The lowest BCUT2D eigenvalue weighted by Gasteiger charge is -2.38. The summed E-state index contributed by atoms with van der Waals surface area (Å²) >= 11 is 0. The maximum Gasteiger partial charge on any atom is 0.338 e. The number of Topliss-reactive ketones (excluding diaryl/α,β-unsaturated/α-hetero) is 1. The van der Waals surface area contributed by atoms with Gasteiger partial charge in [-0.05, 0) is 36.4 Å². The van der Waals surface area contributed by atoms with Gasteiger partial charge < -0.3 is 23.7 Å². The van der Waals surface area contributed by atoms with Gasteiger partial charge in [0.15, 0.2) is 18.5 Å². The van der Waals surface area contributed by atoms with Crippen LogP contribution in [0.5, 0.6) is 0 Å². The minimum Gasteiger partial charge on any atom is -0.459 e. The quantitative estimate of drug-likeness (QED) is 0.337. The summed E-state index contributed by atoms with van der Waals surface area (Å²) in [4.78, 5) is 51.4. The molecule has 37 heavy (non-hydrogen) atoms. The van der Waals surface area contributed by atoms with Gasteiger partial charge in [-0.15, -0.1) is 0 Å². The van der Waals surface area contributed by atoms with Crippen LogP contribution in [-0.4, -0.2) is 62.0 Å². The van der Waals surface area contributed by atoms with Crippen LogP contribution in [0.1, 0.15) is 31.1 Å². The zero-order chi connectivity index (χ0) is 26.2. The van der Waals surface area contributed by atoms with E-state index in [1.807, 2.05) is 0 Å². The summed E-state index contributed by atoms with van der Waals surface area (Å²) in [6.45, 7) is -0.467. The van der Waals surface area contributed by atoms with Gasteiger partial charge in [-0.1, -0.05) is 54.6 Å². The fraction of sp³-hybridized carbons (Fsp3) is 0.214. The highest BCUT2D eigenvalue weighted by Crippen LogP contribution is 2.26. The number of esters is 3. The van der Waals surface area contributed by atoms with E-state index in [2.05, 4.69) is 0 Å². The summed E-state index contributed by atoms with van der Waals surface area (Å²) in [5, 5.41) is 0. The van der Waals surface area contributed by atoms with Crippen molar-refractivity contribution >= 4 is 23.7 Å². The summed E-state index contributed by atoms with van der Waals surface area (Å²) < 4.78 is 27.4. The van der Waals surface area contributed by atoms with Crippen LogP contribution >= 0.6 is 0 Å². The highest BCUT2D eigenvalue weighted by atomic mass is 16.7. The van der Waals surface area contributed by atoms with Crippen molar-refractivity contribution in [3.63, 3.8) is 0 Å². The SMILES string of the molecule is CO[C@@H]1O[C@H](COC(=O)c2ccccc2)C(=O)[C@H](OC(=O)c2ccccc2)[C@H]1OC(=O)c1ccccc1. The zero-order valence-electron chi connectivity index (χ0n) is 19.9. The van der Waals surface area contributed by atoms with Crippen LogP contribution in [0.3, 0.4) is 0 Å². The fourth-order valence-electron chi connectivity index (χ4n) is 3.68. The van der Waals surface area contributed by atoms with E-state index < -0.39 is 54.9 Å². The van der Waals surface area contributed by atoms with Gasteiger partial charge in [0.2, 0.25) is 11.9 Å². The molecular formula is C28H24O9. The Bertz CT molecular complexity index is 1230. The second-order valence-corrected chi connectivity index (χ2v) is 8.02. The van der Waals surface area contributed by atoms with Crippen molar-refractivity contribution in [2.24, 2.45) is 0 Å². The molecule has 0 amide bonds. The van der Waals surface area contributed by atoms with Gasteiger partial charge in [-0.2, -0.15) is 0 Å². The highest BCUT2D eigenvalue weighted by molar-refractivity contribution is 5.96. The third-order valence-corrected chi connectivity index (χ3v) is 5.57. The molecule has 1 aliphatic heterocycles. The van der Waals surface area contributed by atoms with Crippen LogP contribution in [0, 0.1) is 0 Å². The zero-order valence-corrected chi connectivity index (χ0v) is 19.9. The summed E-state index contributed by atoms with van der Waals surface area (Å²) in [7, 11) is 1.28. The molecule has 0 spiro atoms. The van der Waals surface area contributed by atoms with Crippen molar-refractivity contribution in [3.05, 3.63) is 108 Å². The molecule has 1 fully saturated rings. The number of ketones is 1. The molecule has 0 N–H and O–H groups in total. The topological polar surface area (TPSA) is 114 Å². The molecule has 4 atom stereocenters. The number of benzene rings is 3. The number of hydrogen-bond acceptors (Lipinski definition) is 9. The maximum atomic E-state index is 13.4. The second-order valence-electron chi connectivity index (χ2n) is 8.02. The molecule has 0 unspecified atom stereocenters. The van der Waals surface area contributed by atoms with Gasteiger partial charge in [0, 0.05) is 7.11 Å². The van der Waals surface area contributed by atoms with Gasteiger partial charge in [-0.25, -0.2) is 14.4 Å². The molecule has 9 nitrogen and oxygen atoms in total. The molecule has 0 bridgehead atoms. The molecule has 9 heteroatoms. The lowest BCUT2D eigenvalue weighted by atomic mass is 10.00. The lowest BCUT2D eigenvalue weighted by molar-refractivity contribution is -0.248. The Kier molecular flexibility index (Phi) is 8.40. The lowest BCUT2D eigenvalue weighted by Crippen LogP contribution is -2.59. The van der Waals surface area contributed by atoms with Gasteiger partial charge in [0.1, 0.15) is 6.61 Å². The largest absolute Gasteiger partial charge is 0.459 e. The smallest absolute Gasteiger partial charge is 0.338 e. The highest BCUT2D eigenvalue weighted by Gasteiger charge is 2.50. The fourth-order valence-corrected chi connectivity index (χ4v) is 3.68. The Morgan fingerprint density at radius 3 is 1.65 bits per heavy atom. The molecule has 4 rings (SSSR count). The Hall–Kier alpha value is -4.34. The van der Waals surface area contributed by atoms with Crippen LogP contribution in [0.25, 0.3) is 0 Å². The molecule has 1 heterocycles. The number of hydrogen-bond donors (Lipinski definition) is 0. The molecule has 0 saturated carbocycles. The third kappa shape index (κ3) is 6.27. The van der Waals surface area contributed by atoms with Gasteiger partial charge in [-0.3, -0.25) is 4.79 Å². The molecule has 0 aliphatic carbocycles. The normalized spacial score (nSPS) is 21.1. The first kappa shape index (κ1) is 25.7. The predicted octanol–water partition coefficient (Wildman–Crippen LogP) is 3.24. The number of carbonyl (C=O) groups is 4. The summed E-state index contributed by atoms with van der Waals surface area (Å²) in [6, 6.07) is 24.3. The van der Waals surface area contributed by atoms with E-state index in [9.17, 15) is 19.2 Å². The Morgan fingerprint density at radius 2 is 1.16 bits per heavy atom. The van der Waals surface area contributed by atoms with Crippen molar-refractivity contribution in [1.82, 2.24) is 0 Å². The molecule has 0 aromatic heterocycles. The van der Waals surface area contributed by atoms with Crippen molar-refractivity contribution in [3.8, 4) is 0 Å². The van der Waals surface area contributed by atoms with Gasteiger partial charge >= 0.3 is 17.9 Å². The van der Waals surface area contributed by atoms with Crippen LogP contribution in [-0.2, 0) is 28.5 Å².